The van der Waals surface area contributed by atoms with Gasteiger partial charge in [0.25, 0.3) is 0 Å². The fraction of sp³-hybridized carbons (Fsp3) is 0.519. The maximum atomic E-state index is 16.0. The summed E-state index contributed by atoms with van der Waals surface area (Å²) >= 11 is 4.66. The number of pyridine rings is 1. The third kappa shape index (κ3) is 17.1. The van der Waals surface area contributed by atoms with E-state index < -0.39 is 70.7 Å². The Morgan fingerprint density at radius 2 is 1.51 bits per heavy atom. The van der Waals surface area contributed by atoms with Gasteiger partial charge in [0.15, 0.2) is 0 Å². The highest BCUT2D eigenvalue weighted by atomic mass is 79.9. The summed E-state index contributed by atoms with van der Waals surface area (Å²) in [6, 6.07) is 10.4. The summed E-state index contributed by atoms with van der Waals surface area (Å²) in [7, 11) is 1.49. The molecule has 0 saturated heterocycles. The molecule has 0 fully saturated rings. The summed E-state index contributed by atoms with van der Waals surface area (Å²) in [5.41, 5.74) is 0.0326. The fourth-order valence-electron chi connectivity index (χ4n) is 7.86. The quantitative estimate of drug-likeness (QED) is 0.0597. The van der Waals surface area contributed by atoms with E-state index in [1.165, 1.54) is 22.6 Å². The monoisotopic (exact) mass is 1070 g/mol. The minimum atomic E-state index is -1.23. The van der Waals surface area contributed by atoms with Gasteiger partial charge in [-0.15, -0.1) is 0 Å². The summed E-state index contributed by atoms with van der Waals surface area (Å²) in [6.07, 6.45) is 4.11. The summed E-state index contributed by atoms with van der Waals surface area (Å²) < 4.78 is 34.5. The Kier molecular flexibility index (Phi) is 19.6. The van der Waals surface area contributed by atoms with Crippen molar-refractivity contribution in [3.63, 3.8) is 0 Å². The molecule has 0 radical (unpaired) electrons. The molecule has 1 aliphatic heterocycles. The van der Waals surface area contributed by atoms with E-state index >= 15 is 9.18 Å². The van der Waals surface area contributed by atoms with E-state index in [2.05, 4.69) is 42.2 Å². The fourth-order valence-corrected chi connectivity index (χ4v) is 9.51. The molecular weight excluding hydrogens is 998 g/mol. The Morgan fingerprint density at radius 3 is 2.21 bits per heavy atom. The van der Waals surface area contributed by atoms with Gasteiger partial charge in [0.1, 0.15) is 39.7 Å². The number of carbonyl (C=O) groups is 6. The molecule has 5 rings (SSSR count). The first kappa shape index (κ1) is 56.4. The third-order valence-electron chi connectivity index (χ3n) is 11.2. The van der Waals surface area contributed by atoms with Gasteiger partial charge in [0.05, 0.1) is 16.5 Å². The molecule has 2 aromatic heterocycles. The number of unbranched alkanes of at least 4 members (excludes halogenated alkanes) is 2. The molecule has 4 aromatic rings. The second kappa shape index (κ2) is 24.7. The molecule has 0 unspecified atom stereocenters. The number of aromatic nitrogens is 2. The lowest BCUT2D eigenvalue weighted by atomic mass is 10.0. The number of likely N-dealkylation sites (N-methyl/N-ethyl adjacent to an activating group) is 1. The molecule has 16 nitrogen and oxygen atoms in total. The van der Waals surface area contributed by atoms with Crippen molar-refractivity contribution >= 4 is 74.5 Å². The second-order valence-corrected chi connectivity index (χ2v) is 22.4. The van der Waals surface area contributed by atoms with E-state index in [1.54, 1.807) is 105 Å². The Labute approximate surface area is 428 Å². The average molecular weight is 1070 g/mol. The van der Waals surface area contributed by atoms with Crippen LogP contribution in [0.15, 0.2) is 75.3 Å². The zero-order valence-electron chi connectivity index (χ0n) is 42.5. The van der Waals surface area contributed by atoms with Gasteiger partial charge in [-0.1, -0.05) is 58.4 Å². The van der Waals surface area contributed by atoms with Gasteiger partial charge in [0.2, 0.25) is 17.7 Å². The summed E-state index contributed by atoms with van der Waals surface area (Å²) in [4.78, 5) is 89.3. The number of halogens is 2. The maximum Gasteiger partial charge on any atom is 0.419 e. The molecule has 2 aromatic carbocycles. The molecule has 1 aliphatic rings. The summed E-state index contributed by atoms with van der Waals surface area (Å²) in [6.45, 7) is 16.2. The number of carbonyl (C=O) groups excluding carboxylic acids is 6. The molecule has 0 saturated carbocycles. The number of rotatable bonds is 12. The van der Waals surface area contributed by atoms with Crippen LogP contribution in [0.4, 0.5) is 14.0 Å². The molecule has 0 spiro atoms. The summed E-state index contributed by atoms with van der Waals surface area (Å²) in [5.74, 6) is -2.55. The van der Waals surface area contributed by atoms with Crippen molar-refractivity contribution in [3.8, 4) is 0 Å². The normalized spacial score (nSPS) is 17.6. The van der Waals surface area contributed by atoms with Crippen molar-refractivity contribution < 1.29 is 47.4 Å². The van der Waals surface area contributed by atoms with E-state index in [4.69, 9.17) is 14.2 Å². The van der Waals surface area contributed by atoms with Crippen molar-refractivity contribution in [1.82, 2.24) is 35.7 Å². The SMILES string of the molecule is CN1C(=O)[C@H](CCCCNC(=O)OC(C)(C)C)NC(=O)[C@H](CCCCC(=O)OC(C)(C)C)NCc2cccnc2Sc2c(F)ccc(Br)c2CNC(=O)[C@@H]1Cc1cn(C(=O)OC(C)(C)C)c2ccccc12. The van der Waals surface area contributed by atoms with Crippen LogP contribution in [0, 0.1) is 5.82 Å². The Morgan fingerprint density at radius 1 is 0.831 bits per heavy atom. The number of amides is 4. The molecule has 3 atom stereocenters. The lowest BCUT2D eigenvalue weighted by Gasteiger charge is -2.32. The van der Waals surface area contributed by atoms with Gasteiger partial charge in [-0.2, -0.15) is 0 Å². The van der Waals surface area contributed by atoms with Crippen LogP contribution in [0.5, 0.6) is 0 Å². The number of nitrogens with zero attached hydrogens (tertiary/aromatic N) is 3. The van der Waals surface area contributed by atoms with Crippen LogP contribution >= 0.6 is 27.7 Å². The van der Waals surface area contributed by atoms with Gasteiger partial charge < -0.3 is 40.4 Å². The first-order chi connectivity index (χ1) is 33.3. The number of nitrogens with one attached hydrogen (secondary N) is 4. The molecule has 19 heteroatoms. The molecule has 4 N–H and O–H groups in total. The number of hydrogen-bond donors (Lipinski definition) is 4. The standard InChI is InChI=1S/C52H69BrFN7O9S/c1-50(2,3)68-42(62)23-14-12-20-38-44(63)59-39(21-15-16-26-56-48(66)69-51(4,5)6)47(65)60(10)41(28-33-31-61(49(67)70-52(7,8)9)40-22-13-11-19-34(33)40)45(64)58-30-35-36(53)24-25-37(54)43(35)71-46-32(29-57-38)18-17-27-55-46/h11,13,17-19,22,24-25,27,31,38-39,41,57H,12,14-16,20-21,23,26,28-30H2,1-10H3,(H,56,66)(H,58,64)(H,59,63)/t38-,39-,41-/m0/s1. The number of para-hydroxylation sites is 1. The van der Waals surface area contributed by atoms with Crippen molar-refractivity contribution in [2.45, 2.75) is 172 Å². The Bertz CT molecular complexity index is 2550. The van der Waals surface area contributed by atoms with Gasteiger partial charge >= 0.3 is 18.2 Å². The van der Waals surface area contributed by atoms with Crippen molar-refractivity contribution in [3.05, 3.63) is 87.9 Å². The average Bonchev–Trinajstić information content (AvgIpc) is 3.64. The predicted octanol–water partition coefficient (Wildman–Crippen LogP) is 9.11. The first-order valence-corrected chi connectivity index (χ1v) is 25.6. The van der Waals surface area contributed by atoms with Gasteiger partial charge in [-0.25, -0.2) is 19.0 Å². The number of ether oxygens (including phenoxy) is 3. The zero-order valence-corrected chi connectivity index (χ0v) is 44.9. The molecular formula is C52H69BrFN7O9S. The summed E-state index contributed by atoms with van der Waals surface area (Å²) in [5, 5.41) is 13.2. The number of esters is 1. The molecule has 0 aliphatic carbocycles. The minimum Gasteiger partial charge on any atom is -0.460 e. The highest BCUT2D eigenvalue weighted by molar-refractivity contribution is 9.10. The number of fused-ring (bicyclic) bond motifs is 3. The number of alkyl carbamates (subject to hydrolysis) is 1. The lowest BCUT2D eigenvalue weighted by Crippen LogP contribution is -2.57. The van der Waals surface area contributed by atoms with Crippen LogP contribution in [0.2, 0.25) is 0 Å². The van der Waals surface area contributed by atoms with Gasteiger partial charge in [-0.05, 0) is 130 Å². The molecule has 0 bridgehead atoms. The molecule has 4 amide bonds. The molecule has 3 heterocycles. The van der Waals surface area contributed by atoms with E-state index in [0.717, 1.165) is 11.8 Å². The van der Waals surface area contributed by atoms with Crippen LogP contribution in [0.1, 0.15) is 124 Å². The predicted molar refractivity (Wildman–Crippen MR) is 273 cm³/mol. The lowest BCUT2D eigenvalue weighted by molar-refractivity contribution is -0.155. The van der Waals surface area contributed by atoms with Gasteiger partial charge in [-0.3, -0.25) is 23.7 Å². The van der Waals surface area contributed by atoms with E-state index in [1.807, 2.05) is 12.1 Å². The van der Waals surface area contributed by atoms with Crippen molar-refractivity contribution in [1.29, 1.82) is 0 Å². The first-order valence-electron chi connectivity index (χ1n) is 24.0. The number of hydrogen-bond acceptors (Lipinski definition) is 12. The van der Waals surface area contributed by atoms with Crippen molar-refractivity contribution in [2.75, 3.05) is 13.6 Å². The van der Waals surface area contributed by atoms with Crippen LogP contribution in [-0.4, -0.2) is 98.8 Å². The van der Waals surface area contributed by atoms with Crippen LogP contribution < -0.4 is 21.3 Å². The smallest absolute Gasteiger partial charge is 0.419 e. The van der Waals surface area contributed by atoms with E-state index in [0.29, 0.717) is 62.8 Å². The maximum absolute atomic E-state index is 16.0. The zero-order chi connectivity index (χ0) is 52.3. The number of benzene rings is 2. The van der Waals surface area contributed by atoms with Crippen LogP contribution in [0.25, 0.3) is 10.9 Å². The second-order valence-electron chi connectivity index (χ2n) is 20.6. The highest BCUT2D eigenvalue weighted by Crippen LogP contribution is 2.37. The molecule has 386 valence electrons. The largest absolute Gasteiger partial charge is 0.460 e. The Balaban J connectivity index is 1.56. The topological polar surface area (TPSA) is 199 Å². The Hall–Kier alpha value is -5.53. The molecule has 71 heavy (non-hydrogen) atoms. The van der Waals surface area contributed by atoms with Crippen molar-refractivity contribution in [2.24, 2.45) is 0 Å². The van der Waals surface area contributed by atoms with Crippen LogP contribution in [-0.2, 0) is 52.9 Å². The highest BCUT2D eigenvalue weighted by Gasteiger charge is 2.35. The minimum absolute atomic E-state index is 0.0735. The van der Waals surface area contributed by atoms with E-state index in [9.17, 15) is 24.0 Å². The van der Waals surface area contributed by atoms with Gasteiger partial charge in [0, 0.05) is 67.3 Å². The third-order valence-corrected chi connectivity index (χ3v) is 13.1. The van der Waals surface area contributed by atoms with Crippen LogP contribution in [0.3, 0.4) is 0 Å². The van der Waals surface area contributed by atoms with E-state index in [-0.39, 0.29) is 56.2 Å².